The lowest BCUT2D eigenvalue weighted by molar-refractivity contribution is -0.118. The second kappa shape index (κ2) is 7.29. The van der Waals surface area contributed by atoms with Crippen molar-refractivity contribution in [2.24, 2.45) is 0 Å². The predicted molar refractivity (Wildman–Crippen MR) is 82.2 cm³/mol. The van der Waals surface area contributed by atoms with Crippen LogP contribution in [0.25, 0.3) is 0 Å². The van der Waals surface area contributed by atoms with Gasteiger partial charge in [0.1, 0.15) is 5.60 Å². The Labute approximate surface area is 127 Å². The summed E-state index contributed by atoms with van der Waals surface area (Å²) in [6, 6.07) is 0.266. The summed E-state index contributed by atoms with van der Waals surface area (Å²) in [4.78, 5) is 9.38. The second-order valence-electron chi connectivity index (χ2n) is 5.55. The number of rotatable bonds is 6. The summed E-state index contributed by atoms with van der Waals surface area (Å²) in [6.07, 6.45) is 3.59. The number of ether oxygens (including phenoxy) is 2. The van der Waals surface area contributed by atoms with Crippen LogP contribution in [0.1, 0.15) is 56.7 Å². The maximum atomic E-state index is 6.04. The Kier molecular flexibility index (Phi) is 5.67. The first kappa shape index (κ1) is 16.3. The lowest BCUT2D eigenvalue weighted by atomic mass is 9.92. The van der Waals surface area contributed by atoms with Crippen molar-refractivity contribution >= 4 is 0 Å². The molecular weight excluding hydrogens is 266 g/mol. The topological polar surface area (TPSA) is 56.3 Å². The van der Waals surface area contributed by atoms with Crippen molar-refractivity contribution in [1.82, 2.24) is 15.3 Å². The Morgan fingerprint density at radius 3 is 2.67 bits per heavy atom. The molecule has 1 N–H and O–H groups in total. The maximum absolute atomic E-state index is 6.04. The lowest BCUT2D eigenvalue weighted by Crippen LogP contribution is -2.38. The Bertz CT molecular complexity index is 453. The first-order valence-corrected chi connectivity index (χ1v) is 7.92. The fraction of sp³-hybridized carbons (Fsp3) is 0.750. The molecule has 0 amide bonds. The predicted octanol–water partition coefficient (Wildman–Crippen LogP) is 2.50. The Hall–Kier alpha value is -1.04. The molecule has 1 aliphatic rings. The molecule has 0 radical (unpaired) electrons. The van der Waals surface area contributed by atoms with Gasteiger partial charge in [-0.05, 0) is 27.3 Å². The van der Waals surface area contributed by atoms with Gasteiger partial charge in [0.2, 0.25) is 0 Å². The SMILES string of the molecule is CCNC(C)c1cnc(C2(OCC)CCOCC2)nc1C. The van der Waals surface area contributed by atoms with Gasteiger partial charge in [-0.3, -0.25) is 0 Å². The highest BCUT2D eigenvalue weighted by molar-refractivity contribution is 5.22. The van der Waals surface area contributed by atoms with Crippen LogP contribution < -0.4 is 5.32 Å². The summed E-state index contributed by atoms with van der Waals surface area (Å²) in [7, 11) is 0. The van der Waals surface area contributed by atoms with Crippen LogP contribution in [0.2, 0.25) is 0 Å². The van der Waals surface area contributed by atoms with Crippen LogP contribution in [-0.4, -0.2) is 36.3 Å². The molecule has 1 saturated heterocycles. The Morgan fingerprint density at radius 2 is 2.10 bits per heavy atom. The average molecular weight is 293 g/mol. The molecule has 0 bridgehead atoms. The third-order valence-corrected chi connectivity index (χ3v) is 4.12. The van der Waals surface area contributed by atoms with E-state index in [-0.39, 0.29) is 11.6 Å². The number of hydrogen-bond acceptors (Lipinski definition) is 5. The van der Waals surface area contributed by atoms with Gasteiger partial charge in [0.15, 0.2) is 5.82 Å². The minimum Gasteiger partial charge on any atom is -0.381 e. The van der Waals surface area contributed by atoms with Gasteiger partial charge >= 0.3 is 0 Å². The largest absolute Gasteiger partial charge is 0.381 e. The maximum Gasteiger partial charge on any atom is 0.160 e. The zero-order valence-electron chi connectivity index (χ0n) is 13.6. The second-order valence-corrected chi connectivity index (χ2v) is 5.55. The third-order valence-electron chi connectivity index (χ3n) is 4.12. The molecule has 1 aliphatic heterocycles. The minimum absolute atomic E-state index is 0.266. The first-order chi connectivity index (χ1) is 10.1. The van der Waals surface area contributed by atoms with Gasteiger partial charge in [-0.1, -0.05) is 6.92 Å². The molecular formula is C16H27N3O2. The van der Waals surface area contributed by atoms with E-state index in [9.17, 15) is 0 Å². The molecule has 0 saturated carbocycles. The average Bonchev–Trinajstić information content (AvgIpc) is 2.48. The summed E-state index contributed by atoms with van der Waals surface area (Å²) < 4.78 is 11.5. The number of hydrogen-bond donors (Lipinski definition) is 1. The van der Waals surface area contributed by atoms with Gasteiger partial charge in [-0.2, -0.15) is 0 Å². The normalized spacial score (nSPS) is 19.4. The molecule has 5 heteroatoms. The zero-order valence-corrected chi connectivity index (χ0v) is 13.6. The first-order valence-electron chi connectivity index (χ1n) is 7.92. The molecule has 118 valence electrons. The minimum atomic E-state index is -0.377. The molecule has 0 spiro atoms. The Balaban J connectivity index is 2.28. The van der Waals surface area contributed by atoms with Crippen molar-refractivity contribution in [3.63, 3.8) is 0 Å². The summed E-state index contributed by atoms with van der Waals surface area (Å²) in [6.45, 7) is 11.3. The van der Waals surface area contributed by atoms with E-state index in [4.69, 9.17) is 14.5 Å². The van der Waals surface area contributed by atoms with Gasteiger partial charge < -0.3 is 14.8 Å². The number of aromatic nitrogens is 2. The number of nitrogens with one attached hydrogen (secondary N) is 1. The van der Waals surface area contributed by atoms with Gasteiger partial charge in [0.05, 0.1) is 0 Å². The zero-order chi connectivity index (χ0) is 15.3. The van der Waals surface area contributed by atoms with E-state index in [1.54, 1.807) is 0 Å². The molecule has 2 heterocycles. The molecule has 21 heavy (non-hydrogen) atoms. The fourth-order valence-corrected chi connectivity index (χ4v) is 2.95. The van der Waals surface area contributed by atoms with Crippen LogP contribution in [-0.2, 0) is 15.1 Å². The van der Waals surface area contributed by atoms with Crippen LogP contribution in [0.3, 0.4) is 0 Å². The van der Waals surface area contributed by atoms with E-state index in [0.29, 0.717) is 19.8 Å². The molecule has 2 rings (SSSR count). The highest BCUT2D eigenvalue weighted by Gasteiger charge is 2.38. The van der Waals surface area contributed by atoms with E-state index in [1.165, 1.54) is 0 Å². The van der Waals surface area contributed by atoms with Crippen LogP contribution in [0.4, 0.5) is 0 Å². The van der Waals surface area contributed by atoms with Crippen molar-refractivity contribution in [3.8, 4) is 0 Å². The van der Waals surface area contributed by atoms with E-state index in [2.05, 4.69) is 24.1 Å². The molecule has 1 unspecified atom stereocenters. The smallest absolute Gasteiger partial charge is 0.160 e. The van der Waals surface area contributed by atoms with Crippen LogP contribution >= 0.6 is 0 Å². The molecule has 1 aromatic rings. The summed E-state index contributed by atoms with van der Waals surface area (Å²) in [5.74, 6) is 0.803. The summed E-state index contributed by atoms with van der Waals surface area (Å²) >= 11 is 0. The van der Waals surface area contributed by atoms with Gasteiger partial charge in [0, 0.05) is 56.2 Å². The molecule has 0 aliphatic carbocycles. The van der Waals surface area contributed by atoms with E-state index < -0.39 is 0 Å². The fourth-order valence-electron chi connectivity index (χ4n) is 2.95. The lowest BCUT2D eigenvalue weighted by Gasteiger charge is -2.35. The molecule has 0 aromatic carbocycles. The summed E-state index contributed by atoms with van der Waals surface area (Å²) in [5, 5.41) is 3.41. The number of nitrogens with zero attached hydrogens (tertiary/aromatic N) is 2. The van der Waals surface area contributed by atoms with Crippen molar-refractivity contribution in [3.05, 3.63) is 23.3 Å². The third kappa shape index (κ3) is 3.59. The van der Waals surface area contributed by atoms with Crippen LogP contribution in [0, 0.1) is 6.92 Å². The quantitative estimate of drug-likeness (QED) is 0.873. The van der Waals surface area contributed by atoms with E-state index in [1.807, 2.05) is 20.0 Å². The van der Waals surface area contributed by atoms with Gasteiger partial charge in [-0.25, -0.2) is 9.97 Å². The molecule has 5 nitrogen and oxygen atoms in total. The number of aryl methyl sites for hydroxylation is 1. The molecule has 1 fully saturated rings. The van der Waals surface area contributed by atoms with E-state index in [0.717, 1.165) is 36.5 Å². The summed E-state index contributed by atoms with van der Waals surface area (Å²) in [5.41, 5.74) is 1.80. The van der Waals surface area contributed by atoms with Crippen molar-refractivity contribution in [2.75, 3.05) is 26.4 Å². The highest BCUT2D eigenvalue weighted by atomic mass is 16.5. The molecule has 1 atom stereocenters. The van der Waals surface area contributed by atoms with Crippen molar-refractivity contribution in [1.29, 1.82) is 0 Å². The van der Waals surface area contributed by atoms with Gasteiger partial charge in [0.25, 0.3) is 0 Å². The van der Waals surface area contributed by atoms with E-state index >= 15 is 0 Å². The van der Waals surface area contributed by atoms with Crippen molar-refractivity contribution in [2.45, 2.75) is 52.2 Å². The standard InChI is InChI=1S/C16H27N3O2/c1-5-17-12(3)14-11-18-15(19-13(14)4)16(21-6-2)7-9-20-10-8-16/h11-12,17H,5-10H2,1-4H3. The van der Waals surface area contributed by atoms with Crippen LogP contribution in [0.15, 0.2) is 6.20 Å². The Morgan fingerprint density at radius 1 is 1.38 bits per heavy atom. The van der Waals surface area contributed by atoms with Gasteiger partial charge in [-0.15, -0.1) is 0 Å². The highest BCUT2D eigenvalue weighted by Crippen LogP contribution is 2.34. The monoisotopic (exact) mass is 293 g/mol. The van der Waals surface area contributed by atoms with Crippen molar-refractivity contribution < 1.29 is 9.47 Å². The molecule has 1 aromatic heterocycles. The van der Waals surface area contributed by atoms with Crippen LogP contribution in [0.5, 0.6) is 0 Å².